The molecule has 3 N–H and O–H groups in total. The maximum atomic E-state index is 12.2. The van der Waals surface area contributed by atoms with Crippen molar-refractivity contribution in [2.45, 2.75) is 6.92 Å². The van der Waals surface area contributed by atoms with Crippen molar-refractivity contribution < 1.29 is 19.5 Å². The number of fused-ring (bicyclic) bond motifs is 1. The predicted octanol–water partition coefficient (Wildman–Crippen LogP) is 3.33. The summed E-state index contributed by atoms with van der Waals surface area (Å²) in [5.74, 6) is -1.76. The number of benzene rings is 3. The van der Waals surface area contributed by atoms with Crippen LogP contribution in [0.2, 0.25) is 0 Å². The number of hydrogen-bond acceptors (Lipinski definition) is 4. The molecule has 6 nitrogen and oxygen atoms in total. The fraction of sp³-hybridized carbons (Fsp3) is 0.0500. The molecule has 3 aromatic carbocycles. The SMILES string of the molecule is CC(=O)c1cccc(NC(=O)C(=O)Nc2cccc3c(O)cccc23)c1. The van der Waals surface area contributed by atoms with E-state index in [1.54, 1.807) is 54.6 Å². The minimum absolute atomic E-state index is 0.0871. The highest BCUT2D eigenvalue weighted by Crippen LogP contribution is 2.29. The van der Waals surface area contributed by atoms with Gasteiger partial charge < -0.3 is 15.7 Å². The van der Waals surface area contributed by atoms with Crippen LogP contribution in [0.3, 0.4) is 0 Å². The Morgan fingerprint density at radius 3 is 2.23 bits per heavy atom. The van der Waals surface area contributed by atoms with E-state index in [0.717, 1.165) is 0 Å². The van der Waals surface area contributed by atoms with Crippen LogP contribution in [0.4, 0.5) is 11.4 Å². The Bertz CT molecular complexity index is 1030. The zero-order chi connectivity index (χ0) is 18.7. The molecule has 0 aromatic heterocycles. The summed E-state index contributed by atoms with van der Waals surface area (Å²) in [4.78, 5) is 35.8. The van der Waals surface area contributed by atoms with E-state index in [2.05, 4.69) is 10.6 Å². The zero-order valence-electron chi connectivity index (χ0n) is 13.9. The Morgan fingerprint density at radius 1 is 0.808 bits per heavy atom. The van der Waals surface area contributed by atoms with E-state index in [4.69, 9.17) is 0 Å². The second kappa shape index (κ2) is 7.06. The van der Waals surface area contributed by atoms with Gasteiger partial charge in [0.1, 0.15) is 5.75 Å². The van der Waals surface area contributed by atoms with Gasteiger partial charge in [-0.2, -0.15) is 0 Å². The average Bonchev–Trinajstić information content (AvgIpc) is 2.62. The first-order chi connectivity index (χ1) is 12.5. The van der Waals surface area contributed by atoms with Gasteiger partial charge in [0, 0.05) is 27.7 Å². The highest BCUT2D eigenvalue weighted by molar-refractivity contribution is 6.44. The van der Waals surface area contributed by atoms with Gasteiger partial charge in [-0.05, 0) is 31.2 Å². The Morgan fingerprint density at radius 2 is 1.46 bits per heavy atom. The van der Waals surface area contributed by atoms with Gasteiger partial charge in [-0.15, -0.1) is 0 Å². The van der Waals surface area contributed by atoms with E-state index in [1.165, 1.54) is 13.0 Å². The summed E-state index contributed by atoms with van der Waals surface area (Å²) < 4.78 is 0. The molecule has 6 heteroatoms. The second-order valence-electron chi connectivity index (χ2n) is 5.72. The van der Waals surface area contributed by atoms with Crippen LogP contribution >= 0.6 is 0 Å². The van der Waals surface area contributed by atoms with Crippen molar-refractivity contribution >= 4 is 39.7 Å². The summed E-state index contributed by atoms with van der Waals surface area (Å²) in [6.07, 6.45) is 0. The number of hydrogen-bond donors (Lipinski definition) is 3. The molecule has 0 aliphatic rings. The predicted molar refractivity (Wildman–Crippen MR) is 99.3 cm³/mol. The number of phenolic OH excluding ortho intramolecular Hbond substituents is 1. The number of amides is 2. The lowest BCUT2D eigenvalue weighted by atomic mass is 10.1. The summed E-state index contributed by atoms with van der Waals surface area (Å²) in [5, 5.41) is 16.1. The summed E-state index contributed by atoms with van der Waals surface area (Å²) in [6.45, 7) is 1.42. The van der Waals surface area contributed by atoms with Crippen LogP contribution in [0.1, 0.15) is 17.3 Å². The molecule has 130 valence electrons. The number of phenols is 1. The van der Waals surface area contributed by atoms with Crippen LogP contribution < -0.4 is 10.6 Å². The topological polar surface area (TPSA) is 95.5 Å². The smallest absolute Gasteiger partial charge is 0.314 e. The van der Waals surface area contributed by atoms with E-state index in [-0.39, 0.29) is 11.5 Å². The minimum atomic E-state index is -0.858. The third-order valence-corrected chi connectivity index (χ3v) is 3.88. The first kappa shape index (κ1) is 17.2. The second-order valence-corrected chi connectivity index (χ2v) is 5.72. The number of nitrogens with one attached hydrogen (secondary N) is 2. The van der Waals surface area contributed by atoms with Crippen molar-refractivity contribution in [3.05, 3.63) is 66.2 Å². The number of carbonyl (C=O) groups excluding carboxylic acids is 3. The highest BCUT2D eigenvalue weighted by atomic mass is 16.3. The van der Waals surface area contributed by atoms with Crippen LogP contribution in [0.5, 0.6) is 5.75 Å². The molecule has 0 radical (unpaired) electrons. The molecule has 0 aliphatic heterocycles. The van der Waals surface area contributed by atoms with Gasteiger partial charge >= 0.3 is 11.8 Å². The van der Waals surface area contributed by atoms with Crippen molar-refractivity contribution in [1.82, 2.24) is 0 Å². The lowest BCUT2D eigenvalue weighted by Crippen LogP contribution is -2.29. The molecule has 0 bridgehead atoms. The molecule has 26 heavy (non-hydrogen) atoms. The van der Waals surface area contributed by atoms with Gasteiger partial charge in [0.05, 0.1) is 0 Å². The zero-order valence-corrected chi connectivity index (χ0v) is 13.9. The van der Waals surface area contributed by atoms with Gasteiger partial charge in [-0.25, -0.2) is 0 Å². The maximum absolute atomic E-state index is 12.2. The molecular formula is C20H16N2O4. The van der Waals surface area contributed by atoms with Gasteiger partial charge in [-0.3, -0.25) is 14.4 Å². The maximum Gasteiger partial charge on any atom is 0.314 e. The molecule has 3 aromatic rings. The standard InChI is InChI=1S/C20H16N2O4/c1-12(23)13-5-2-6-14(11-13)21-19(25)20(26)22-17-9-3-8-16-15(17)7-4-10-18(16)24/h2-11,24H,1H3,(H,21,25)(H,22,26). The summed E-state index contributed by atoms with van der Waals surface area (Å²) in [7, 11) is 0. The van der Waals surface area contributed by atoms with Crippen LogP contribution in [-0.2, 0) is 9.59 Å². The molecule has 0 atom stereocenters. The third kappa shape index (κ3) is 3.54. The Kier molecular flexibility index (Phi) is 4.66. The summed E-state index contributed by atoms with van der Waals surface area (Å²) in [5.41, 5.74) is 1.21. The minimum Gasteiger partial charge on any atom is -0.507 e. The number of anilines is 2. The van der Waals surface area contributed by atoms with Crippen molar-refractivity contribution in [2.24, 2.45) is 0 Å². The fourth-order valence-electron chi connectivity index (χ4n) is 2.59. The van der Waals surface area contributed by atoms with Gasteiger partial charge in [0.15, 0.2) is 5.78 Å². The molecule has 0 spiro atoms. The van der Waals surface area contributed by atoms with E-state index in [9.17, 15) is 19.5 Å². The molecule has 0 saturated carbocycles. The molecule has 2 amide bonds. The number of ketones is 1. The molecule has 0 fully saturated rings. The van der Waals surface area contributed by atoms with Crippen molar-refractivity contribution in [1.29, 1.82) is 0 Å². The normalized spacial score (nSPS) is 10.3. The van der Waals surface area contributed by atoms with Crippen LogP contribution in [0.25, 0.3) is 10.8 Å². The molecule has 3 rings (SSSR count). The van der Waals surface area contributed by atoms with E-state index >= 15 is 0 Å². The van der Waals surface area contributed by atoms with E-state index in [1.807, 2.05) is 0 Å². The van der Waals surface area contributed by atoms with Crippen molar-refractivity contribution in [3.63, 3.8) is 0 Å². The number of carbonyl (C=O) groups is 3. The lowest BCUT2D eigenvalue weighted by molar-refractivity contribution is -0.132. The van der Waals surface area contributed by atoms with E-state index in [0.29, 0.717) is 27.7 Å². The number of Topliss-reactive ketones (excluding diaryl/α,β-unsaturated/α-hetero) is 1. The van der Waals surface area contributed by atoms with Gasteiger partial charge in [-0.1, -0.05) is 36.4 Å². The third-order valence-electron chi connectivity index (χ3n) is 3.88. The summed E-state index contributed by atoms with van der Waals surface area (Å²) in [6, 6.07) is 16.3. The average molecular weight is 348 g/mol. The van der Waals surface area contributed by atoms with Crippen LogP contribution in [-0.4, -0.2) is 22.7 Å². The van der Waals surface area contributed by atoms with Crippen molar-refractivity contribution in [2.75, 3.05) is 10.6 Å². The largest absolute Gasteiger partial charge is 0.507 e. The Labute approximate surface area is 149 Å². The van der Waals surface area contributed by atoms with Gasteiger partial charge in [0.25, 0.3) is 0 Å². The molecule has 0 saturated heterocycles. The quantitative estimate of drug-likeness (QED) is 0.500. The Hall–Kier alpha value is -3.67. The van der Waals surface area contributed by atoms with Crippen LogP contribution in [0, 0.1) is 0 Å². The fourth-order valence-corrected chi connectivity index (χ4v) is 2.59. The molecule has 0 aliphatic carbocycles. The molecule has 0 heterocycles. The molecule has 0 unspecified atom stereocenters. The number of aromatic hydroxyl groups is 1. The van der Waals surface area contributed by atoms with Crippen molar-refractivity contribution in [3.8, 4) is 5.75 Å². The summed E-state index contributed by atoms with van der Waals surface area (Å²) >= 11 is 0. The highest BCUT2D eigenvalue weighted by Gasteiger charge is 2.16. The first-order valence-electron chi connectivity index (χ1n) is 7.90. The van der Waals surface area contributed by atoms with Crippen LogP contribution in [0.15, 0.2) is 60.7 Å². The first-order valence-corrected chi connectivity index (χ1v) is 7.90. The van der Waals surface area contributed by atoms with E-state index < -0.39 is 11.8 Å². The molecular weight excluding hydrogens is 332 g/mol. The lowest BCUT2D eigenvalue weighted by Gasteiger charge is -2.10. The monoisotopic (exact) mass is 348 g/mol. The Balaban J connectivity index is 1.78. The number of rotatable bonds is 3. The van der Waals surface area contributed by atoms with Gasteiger partial charge in [0.2, 0.25) is 0 Å².